The van der Waals surface area contributed by atoms with Crippen LogP contribution in [0.2, 0.25) is 0 Å². The van der Waals surface area contributed by atoms with Gasteiger partial charge in [0.2, 0.25) is 0 Å². The Bertz CT molecular complexity index is 449. The molecule has 0 radical (unpaired) electrons. The smallest absolute Gasteiger partial charge is 0.126 e. The highest BCUT2D eigenvalue weighted by molar-refractivity contribution is 5.13. The summed E-state index contributed by atoms with van der Waals surface area (Å²) in [7, 11) is 1.97. The molecule has 0 saturated heterocycles. The number of imidazole rings is 1. The molecule has 1 atom stereocenters. The summed E-state index contributed by atoms with van der Waals surface area (Å²) < 4.78 is 2.16. The SMILES string of the molecule is CCn1ccnc1C(Cc1cccnc1)NC. The number of nitrogens with one attached hydrogen (secondary N) is 1. The molecule has 1 N–H and O–H groups in total. The molecule has 2 rings (SSSR count). The Balaban J connectivity index is 2.17. The van der Waals surface area contributed by atoms with Gasteiger partial charge in [-0.05, 0) is 32.0 Å². The molecular formula is C13H18N4. The molecule has 2 heterocycles. The number of nitrogens with zero attached hydrogens (tertiary/aromatic N) is 3. The van der Waals surface area contributed by atoms with E-state index in [1.54, 1.807) is 6.20 Å². The van der Waals surface area contributed by atoms with Gasteiger partial charge in [-0.2, -0.15) is 0 Å². The van der Waals surface area contributed by atoms with Crippen LogP contribution >= 0.6 is 0 Å². The van der Waals surface area contributed by atoms with E-state index in [9.17, 15) is 0 Å². The van der Waals surface area contributed by atoms with E-state index < -0.39 is 0 Å². The highest BCUT2D eigenvalue weighted by Gasteiger charge is 2.14. The van der Waals surface area contributed by atoms with Gasteiger partial charge in [0.05, 0.1) is 6.04 Å². The van der Waals surface area contributed by atoms with Gasteiger partial charge in [-0.25, -0.2) is 4.98 Å². The first kappa shape index (κ1) is 11.8. The molecule has 0 amide bonds. The summed E-state index contributed by atoms with van der Waals surface area (Å²) in [4.78, 5) is 8.58. The number of rotatable bonds is 5. The number of pyridine rings is 1. The second kappa shape index (κ2) is 5.59. The molecule has 2 aromatic rings. The molecule has 0 spiro atoms. The molecule has 1 unspecified atom stereocenters. The van der Waals surface area contributed by atoms with E-state index in [2.05, 4.69) is 32.8 Å². The standard InChI is InChI=1S/C13H18N4/c1-3-17-8-7-16-13(17)12(14-2)9-11-5-4-6-15-10-11/h4-8,10,12,14H,3,9H2,1-2H3. The van der Waals surface area contributed by atoms with Crippen molar-refractivity contribution < 1.29 is 0 Å². The average Bonchev–Trinajstić information content (AvgIpc) is 2.85. The molecule has 4 heteroatoms. The minimum absolute atomic E-state index is 0.231. The van der Waals surface area contributed by atoms with Crippen molar-refractivity contribution in [2.45, 2.75) is 25.9 Å². The Morgan fingerprint density at radius 1 is 1.41 bits per heavy atom. The van der Waals surface area contributed by atoms with Gasteiger partial charge in [0, 0.05) is 31.3 Å². The molecule has 0 fully saturated rings. The first-order valence-electron chi connectivity index (χ1n) is 5.92. The summed E-state index contributed by atoms with van der Waals surface area (Å²) in [6.07, 6.45) is 8.48. The van der Waals surface area contributed by atoms with Crippen molar-refractivity contribution in [3.8, 4) is 0 Å². The van der Waals surface area contributed by atoms with Gasteiger partial charge in [-0.3, -0.25) is 4.98 Å². The van der Waals surface area contributed by atoms with Crippen LogP contribution in [0.4, 0.5) is 0 Å². The third-order valence-electron chi connectivity index (χ3n) is 2.91. The molecule has 4 nitrogen and oxygen atoms in total. The fourth-order valence-corrected chi connectivity index (χ4v) is 1.98. The van der Waals surface area contributed by atoms with Crippen molar-refractivity contribution >= 4 is 0 Å². The second-order valence-electron chi connectivity index (χ2n) is 3.98. The second-order valence-corrected chi connectivity index (χ2v) is 3.98. The lowest BCUT2D eigenvalue weighted by Crippen LogP contribution is -2.22. The molecule has 2 aromatic heterocycles. The molecule has 0 aliphatic carbocycles. The van der Waals surface area contributed by atoms with Crippen LogP contribution in [0, 0.1) is 0 Å². The predicted molar refractivity (Wildman–Crippen MR) is 67.6 cm³/mol. The van der Waals surface area contributed by atoms with Crippen LogP contribution in [0.25, 0.3) is 0 Å². The van der Waals surface area contributed by atoms with Crippen LogP contribution in [-0.4, -0.2) is 21.6 Å². The van der Waals surface area contributed by atoms with E-state index >= 15 is 0 Å². The Morgan fingerprint density at radius 3 is 2.94 bits per heavy atom. The van der Waals surface area contributed by atoms with E-state index in [1.807, 2.05) is 31.7 Å². The van der Waals surface area contributed by atoms with E-state index in [0.29, 0.717) is 0 Å². The third-order valence-corrected chi connectivity index (χ3v) is 2.91. The van der Waals surface area contributed by atoms with Crippen LogP contribution in [0.15, 0.2) is 36.9 Å². The number of aryl methyl sites for hydroxylation is 1. The summed E-state index contributed by atoms with van der Waals surface area (Å²) in [5.41, 5.74) is 1.22. The Labute approximate surface area is 102 Å². The maximum atomic E-state index is 4.43. The van der Waals surface area contributed by atoms with Gasteiger partial charge < -0.3 is 9.88 Å². The van der Waals surface area contributed by atoms with Gasteiger partial charge in [-0.1, -0.05) is 6.07 Å². The van der Waals surface area contributed by atoms with Crippen molar-refractivity contribution in [1.29, 1.82) is 0 Å². The normalized spacial score (nSPS) is 12.6. The van der Waals surface area contributed by atoms with Crippen molar-refractivity contribution in [1.82, 2.24) is 19.9 Å². The van der Waals surface area contributed by atoms with E-state index in [0.717, 1.165) is 18.8 Å². The topological polar surface area (TPSA) is 42.7 Å². The molecular weight excluding hydrogens is 212 g/mol. The van der Waals surface area contributed by atoms with Crippen molar-refractivity contribution in [3.63, 3.8) is 0 Å². The van der Waals surface area contributed by atoms with Crippen molar-refractivity contribution in [2.75, 3.05) is 7.05 Å². The fourth-order valence-electron chi connectivity index (χ4n) is 1.98. The summed E-state index contributed by atoms with van der Waals surface area (Å²) >= 11 is 0. The Kier molecular flexibility index (Phi) is 3.88. The predicted octanol–water partition coefficient (Wildman–Crippen LogP) is 1.80. The quantitative estimate of drug-likeness (QED) is 0.851. The number of hydrogen-bond donors (Lipinski definition) is 1. The zero-order chi connectivity index (χ0) is 12.1. The number of aromatic nitrogens is 3. The van der Waals surface area contributed by atoms with Crippen LogP contribution < -0.4 is 5.32 Å². The summed E-state index contributed by atoms with van der Waals surface area (Å²) in [6.45, 7) is 3.07. The lowest BCUT2D eigenvalue weighted by molar-refractivity contribution is 0.523. The zero-order valence-electron chi connectivity index (χ0n) is 10.3. The van der Waals surface area contributed by atoms with Gasteiger partial charge in [0.15, 0.2) is 0 Å². The number of likely N-dealkylation sites (N-methyl/N-ethyl adjacent to an activating group) is 1. The van der Waals surface area contributed by atoms with Crippen LogP contribution in [0.3, 0.4) is 0 Å². The van der Waals surface area contributed by atoms with Crippen LogP contribution in [0.1, 0.15) is 24.4 Å². The maximum absolute atomic E-state index is 4.43. The minimum atomic E-state index is 0.231. The van der Waals surface area contributed by atoms with Crippen LogP contribution in [0.5, 0.6) is 0 Å². The van der Waals surface area contributed by atoms with Crippen molar-refractivity contribution in [3.05, 3.63) is 48.3 Å². The molecule has 0 saturated carbocycles. The first-order valence-corrected chi connectivity index (χ1v) is 5.92. The van der Waals surface area contributed by atoms with Crippen molar-refractivity contribution in [2.24, 2.45) is 0 Å². The highest BCUT2D eigenvalue weighted by Crippen LogP contribution is 2.16. The lowest BCUT2D eigenvalue weighted by atomic mass is 10.1. The largest absolute Gasteiger partial charge is 0.334 e. The van der Waals surface area contributed by atoms with Gasteiger partial charge in [0.1, 0.15) is 5.82 Å². The first-order chi connectivity index (χ1) is 8.35. The Morgan fingerprint density at radius 2 is 2.29 bits per heavy atom. The summed E-state index contributed by atoms with van der Waals surface area (Å²) in [6, 6.07) is 4.29. The molecule has 0 aliphatic heterocycles. The van der Waals surface area contributed by atoms with Crippen LogP contribution in [-0.2, 0) is 13.0 Å². The summed E-state index contributed by atoms with van der Waals surface area (Å²) in [5, 5.41) is 3.32. The van der Waals surface area contributed by atoms with E-state index in [1.165, 1.54) is 5.56 Å². The fraction of sp³-hybridized carbons (Fsp3) is 0.385. The molecule has 17 heavy (non-hydrogen) atoms. The Hall–Kier alpha value is -1.68. The average molecular weight is 230 g/mol. The lowest BCUT2D eigenvalue weighted by Gasteiger charge is -2.16. The minimum Gasteiger partial charge on any atom is -0.334 e. The molecule has 0 bridgehead atoms. The van der Waals surface area contributed by atoms with Gasteiger partial charge >= 0.3 is 0 Å². The summed E-state index contributed by atoms with van der Waals surface area (Å²) in [5.74, 6) is 1.08. The van der Waals surface area contributed by atoms with Gasteiger partial charge in [-0.15, -0.1) is 0 Å². The third kappa shape index (κ3) is 2.71. The molecule has 0 aliphatic rings. The monoisotopic (exact) mass is 230 g/mol. The van der Waals surface area contributed by atoms with E-state index in [-0.39, 0.29) is 6.04 Å². The van der Waals surface area contributed by atoms with Gasteiger partial charge in [0.25, 0.3) is 0 Å². The number of hydrogen-bond acceptors (Lipinski definition) is 3. The van der Waals surface area contributed by atoms with E-state index in [4.69, 9.17) is 0 Å². The highest BCUT2D eigenvalue weighted by atomic mass is 15.1. The zero-order valence-corrected chi connectivity index (χ0v) is 10.3. The maximum Gasteiger partial charge on any atom is 0.126 e. The molecule has 0 aromatic carbocycles. The molecule has 90 valence electrons.